The highest BCUT2D eigenvalue weighted by molar-refractivity contribution is 5.92. The molecule has 0 bridgehead atoms. The molecule has 0 unspecified atom stereocenters. The van der Waals surface area contributed by atoms with Crippen LogP contribution >= 0.6 is 0 Å². The van der Waals surface area contributed by atoms with Crippen LogP contribution in [0.5, 0.6) is 0 Å². The average molecular weight is 293 g/mol. The monoisotopic (exact) mass is 293 g/mol. The molecule has 0 aliphatic rings. The fourth-order valence-electron chi connectivity index (χ4n) is 1.31. The van der Waals surface area contributed by atoms with Gasteiger partial charge in [-0.05, 0) is 17.7 Å². The molecule has 0 aliphatic heterocycles. The zero-order chi connectivity index (χ0) is 15.7. The van der Waals surface area contributed by atoms with Crippen molar-refractivity contribution in [2.75, 3.05) is 19.8 Å². The Balaban J connectivity index is 2.41. The van der Waals surface area contributed by atoms with Gasteiger partial charge in [-0.25, -0.2) is 4.79 Å². The second-order valence-electron chi connectivity index (χ2n) is 3.92. The quantitative estimate of drug-likeness (QED) is 0.433. The molecule has 112 valence electrons. The summed E-state index contributed by atoms with van der Waals surface area (Å²) in [6, 6.07) is 3.05. The minimum atomic E-state index is -1.06. The fourth-order valence-corrected chi connectivity index (χ4v) is 1.31. The molecule has 21 heavy (non-hydrogen) atoms. The van der Waals surface area contributed by atoms with Crippen molar-refractivity contribution in [2.24, 2.45) is 5.73 Å². The van der Waals surface area contributed by atoms with E-state index in [2.05, 4.69) is 10.3 Å². The molecular formula is C13H15N3O5. The molecule has 1 rings (SSSR count). The molecule has 8 nitrogen and oxygen atoms in total. The number of aliphatic carboxylic acids is 1. The van der Waals surface area contributed by atoms with E-state index >= 15 is 0 Å². The van der Waals surface area contributed by atoms with Gasteiger partial charge in [-0.3, -0.25) is 14.6 Å². The van der Waals surface area contributed by atoms with Gasteiger partial charge in [0.05, 0.1) is 6.61 Å². The lowest BCUT2D eigenvalue weighted by Gasteiger charge is -2.05. The van der Waals surface area contributed by atoms with E-state index in [0.717, 1.165) is 6.08 Å². The standard InChI is InChI=1S/C13H15N3O5/c14-11(17)8-21-6-5-15-13(20)10-3-1-9(7-16-10)2-4-12(18)19/h1-4,7H,5-6,8H2,(H2,14,17)(H,15,20)(H,18,19)/b4-2+. The number of primary amides is 1. The molecule has 0 spiro atoms. The first-order chi connectivity index (χ1) is 9.99. The molecule has 0 aromatic carbocycles. The molecule has 0 fully saturated rings. The Morgan fingerprint density at radius 3 is 2.71 bits per heavy atom. The Morgan fingerprint density at radius 2 is 2.14 bits per heavy atom. The highest BCUT2D eigenvalue weighted by Crippen LogP contribution is 2.02. The SMILES string of the molecule is NC(=O)COCCNC(=O)c1ccc(/C=C/C(=O)O)cn1. The lowest BCUT2D eigenvalue weighted by Crippen LogP contribution is -2.29. The van der Waals surface area contributed by atoms with E-state index in [9.17, 15) is 14.4 Å². The zero-order valence-corrected chi connectivity index (χ0v) is 11.1. The molecule has 0 saturated carbocycles. The largest absolute Gasteiger partial charge is 0.478 e. The number of ether oxygens (including phenoxy) is 1. The number of amides is 2. The Kier molecular flexibility index (Phi) is 6.55. The normalized spacial score (nSPS) is 10.5. The Bertz CT molecular complexity index is 539. The number of pyridine rings is 1. The van der Waals surface area contributed by atoms with Crippen LogP contribution in [0.25, 0.3) is 6.08 Å². The number of carboxylic acids is 1. The molecule has 1 heterocycles. The first-order valence-corrected chi connectivity index (χ1v) is 6.00. The van der Waals surface area contributed by atoms with Crippen molar-refractivity contribution in [2.45, 2.75) is 0 Å². The van der Waals surface area contributed by atoms with Crippen molar-refractivity contribution in [1.82, 2.24) is 10.3 Å². The number of carbonyl (C=O) groups excluding carboxylic acids is 2. The molecule has 0 saturated heterocycles. The summed E-state index contributed by atoms with van der Waals surface area (Å²) in [7, 11) is 0. The molecule has 0 aliphatic carbocycles. The van der Waals surface area contributed by atoms with E-state index in [4.69, 9.17) is 15.6 Å². The maximum absolute atomic E-state index is 11.7. The van der Waals surface area contributed by atoms with Crippen molar-refractivity contribution >= 4 is 23.9 Å². The van der Waals surface area contributed by atoms with Crippen LogP contribution in [0, 0.1) is 0 Å². The van der Waals surface area contributed by atoms with Gasteiger partial charge in [0.2, 0.25) is 5.91 Å². The maximum atomic E-state index is 11.7. The van der Waals surface area contributed by atoms with Gasteiger partial charge in [0.1, 0.15) is 12.3 Å². The van der Waals surface area contributed by atoms with Crippen LogP contribution < -0.4 is 11.1 Å². The molecule has 0 radical (unpaired) electrons. The van der Waals surface area contributed by atoms with E-state index in [-0.39, 0.29) is 25.5 Å². The van der Waals surface area contributed by atoms with Crippen molar-refractivity contribution in [3.05, 3.63) is 35.7 Å². The predicted molar refractivity (Wildman–Crippen MR) is 73.3 cm³/mol. The molecule has 1 aromatic heterocycles. The summed E-state index contributed by atoms with van der Waals surface area (Å²) >= 11 is 0. The average Bonchev–Trinajstić information content (AvgIpc) is 2.44. The van der Waals surface area contributed by atoms with Crippen molar-refractivity contribution in [3.63, 3.8) is 0 Å². The number of nitrogens with two attached hydrogens (primary N) is 1. The number of carbonyl (C=O) groups is 3. The van der Waals surface area contributed by atoms with Gasteiger partial charge < -0.3 is 20.9 Å². The molecule has 1 aromatic rings. The van der Waals surface area contributed by atoms with Crippen LogP contribution in [0.3, 0.4) is 0 Å². The van der Waals surface area contributed by atoms with Crippen LogP contribution in [0.2, 0.25) is 0 Å². The number of nitrogens with zero attached hydrogens (tertiary/aromatic N) is 1. The highest BCUT2D eigenvalue weighted by atomic mass is 16.5. The summed E-state index contributed by atoms with van der Waals surface area (Å²) in [5, 5.41) is 11.0. The third-order valence-electron chi connectivity index (χ3n) is 2.21. The Morgan fingerprint density at radius 1 is 1.38 bits per heavy atom. The summed E-state index contributed by atoms with van der Waals surface area (Å²) in [6.07, 6.45) is 3.74. The minimum absolute atomic E-state index is 0.161. The molecule has 4 N–H and O–H groups in total. The molecule has 2 amide bonds. The number of rotatable bonds is 8. The first kappa shape index (κ1) is 16.3. The molecular weight excluding hydrogens is 278 g/mol. The number of carboxylic acid groups (broad SMARTS) is 1. The summed E-state index contributed by atoms with van der Waals surface area (Å²) in [5.74, 6) is -2.03. The highest BCUT2D eigenvalue weighted by Gasteiger charge is 2.06. The Labute approximate surface area is 120 Å². The van der Waals surface area contributed by atoms with Crippen molar-refractivity contribution in [1.29, 1.82) is 0 Å². The van der Waals surface area contributed by atoms with Gasteiger partial charge in [0.25, 0.3) is 5.91 Å². The number of nitrogens with one attached hydrogen (secondary N) is 1. The first-order valence-electron chi connectivity index (χ1n) is 6.00. The zero-order valence-electron chi connectivity index (χ0n) is 11.1. The van der Waals surface area contributed by atoms with Crippen molar-refractivity contribution < 1.29 is 24.2 Å². The smallest absolute Gasteiger partial charge is 0.328 e. The topological polar surface area (TPSA) is 132 Å². The van der Waals surface area contributed by atoms with Crippen LogP contribution in [-0.4, -0.2) is 47.6 Å². The van der Waals surface area contributed by atoms with Gasteiger partial charge in [-0.1, -0.05) is 6.07 Å². The van der Waals surface area contributed by atoms with Crippen LogP contribution in [0.15, 0.2) is 24.4 Å². The van der Waals surface area contributed by atoms with Gasteiger partial charge in [0, 0.05) is 18.8 Å². The molecule has 8 heteroatoms. The van der Waals surface area contributed by atoms with Gasteiger partial charge >= 0.3 is 5.97 Å². The number of hydrogen-bond acceptors (Lipinski definition) is 5. The third kappa shape index (κ3) is 6.83. The summed E-state index contributed by atoms with van der Waals surface area (Å²) in [6.45, 7) is 0.182. The number of hydrogen-bond donors (Lipinski definition) is 3. The number of aromatic nitrogens is 1. The Hall–Kier alpha value is -2.74. The second-order valence-corrected chi connectivity index (χ2v) is 3.92. The van der Waals surface area contributed by atoms with E-state index in [0.29, 0.717) is 5.56 Å². The van der Waals surface area contributed by atoms with Gasteiger partial charge in [0.15, 0.2) is 0 Å². The maximum Gasteiger partial charge on any atom is 0.328 e. The molecule has 0 atom stereocenters. The van der Waals surface area contributed by atoms with Gasteiger partial charge in [-0.2, -0.15) is 0 Å². The minimum Gasteiger partial charge on any atom is -0.478 e. The van der Waals surface area contributed by atoms with Crippen LogP contribution in [0.4, 0.5) is 0 Å². The van der Waals surface area contributed by atoms with E-state index in [1.54, 1.807) is 6.07 Å². The van der Waals surface area contributed by atoms with E-state index in [1.165, 1.54) is 18.3 Å². The third-order valence-corrected chi connectivity index (χ3v) is 2.21. The van der Waals surface area contributed by atoms with Gasteiger partial charge in [-0.15, -0.1) is 0 Å². The summed E-state index contributed by atoms with van der Waals surface area (Å²) in [5.41, 5.74) is 5.64. The van der Waals surface area contributed by atoms with Crippen LogP contribution in [-0.2, 0) is 14.3 Å². The van der Waals surface area contributed by atoms with E-state index < -0.39 is 17.8 Å². The fraction of sp³-hybridized carbons (Fsp3) is 0.231. The van der Waals surface area contributed by atoms with Crippen molar-refractivity contribution in [3.8, 4) is 0 Å². The lowest BCUT2D eigenvalue weighted by molar-refractivity contribution is -0.131. The second kappa shape index (κ2) is 8.43. The van der Waals surface area contributed by atoms with E-state index in [1.807, 2.05) is 0 Å². The lowest BCUT2D eigenvalue weighted by atomic mass is 10.2. The summed E-state index contributed by atoms with van der Waals surface area (Å²) in [4.78, 5) is 36.4. The summed E-state index contributed by atoms with van der Waals surface area (Å²) < 4.78 is 4.88. The predicted octanol–water partition coefficient (Wildman–Crippen LogP) is -0.589. The van der Waals surface area contributed by atoms with Crippen LogP contribution in [0.1, 0.15) is 16.1 Å².